The van der Waals surface area contributed by atoms with E-state index in [1.54, 1.807) is 0 Å². The molecule has 1 unspecified atom stereocenters. The van der Waals surface area contributed by atoms with Crippen molar-refractivity contribution in [2.24, 2.45) is 5.41 Å². The lowest BCUT2D eigenvalue weighted by molar-refractivity contribution is -0.158. The second-order valence-electron chi connectivity index (χ2n) is 5.33. The van der Waals surface area contributed by atoms with Gasteiger partial charge in [-0.2, -0.15) is 8.78 Å². The van der Waals surface area contributed by atoms with Gasteiger partial charge in [0.25, 0.3) is 0 Å². The zero-order valence-electron chi connectivity index (χ0n) is 13.6. The van der Waals surface area contributed by atoms with Crippen molar-refractivity contribution < 1.29 is 27.1 Å². The van der Waals surface area contributed by atoms with E-state index in [1.807, 2.05) is 0 Å². The number of rotatable bonds is 6. The molecule has 5 nitrogen and oxygen atoms in total. The number of alkyl halides is 2. The third kappa shape index (κ3) is 10.7. The van der Waals surface area contributed by atoms with Gasteiger partial charge in [0.1, 0.15) is 0 Å². The van der Waals surface area contributed by atoms with Gasteiger partial charge in [0.2, 0.25) is 11.1 Å². The van der Waals surface area contributed by atoms with E-state index < -0.39 is 34.3 Å². The molecule has 0 bridgehead atoms. The van der Waals surface area contributed by atoms with Crippen molar-refractivity contribution in [1.82, 2.24) is 4.90 Å². The van der Waals surface area contributed by atoms with Crippen molar-refractivity contribution in [2.45, 2.75) is 46.8 Å². The van der Waals surface area contributed by atoms with Gasteiger partial charge in [-0.25, -0.2) is 4.21 Å². The van der Waals surface area contributed by atoms with Crippen molar-refractivity contribution in [1.29, 1.82) is 0 Å². The number of hydrogen-bond donors (Lipinski definition) is 1. The van der Waals surface area contributed by atoms with Gasteiger partial charge in [-0.05, 0) is 40.4 Å². The standard InChI is InChI=1S/C7H12F2O4S.C6H15N/c1-6(2,3)5(10)13-4-7(8,9)14(11)12;1-4-7(5-2)6-3/h4H2,1-3H3,(H,11,12);4-6H2,1-3H3. The van der Waals surface area contributed by atoms with Gasteiger partial charge in [0, 0.05) is 0 Å². The van der Waals surface area contributed by atoms with Crippen LogP contribution in [0, 0.1) is 5.41 Å². The maximum absolute atomic E-state index is 12.5. The normalized spacial score (nSPS) is 13.4. The van der Waals surface area contributed by atoms with Gasteiger partial charge in [-0.15, -0.1) is 0 Å². The van der Waals surface area contributed by atoms with Crippen molar-refractivity contribution in [2.75, 3.05) is 26.2 Å². The number of esters is 1. The van der Waals surface area contributed by atoms with Crippen LogP contribution in [0.3, 0.4) is 0 Å². The monoisotopic (exact) mass is 331 g/mol. The third-order valence-corrected chi connectivity index (χ3v) is 3.21. The molecule has 0 aromatic rings. The number of nitrogens with zero attached hydrogens (tertiary/aromatic N) is 1. The number of carbonyl (C=O) groups excluding carboxylic acids is 1. The number of hydrogen-bond acceptors (Lipinski definition) is 4. The Morgan fingerprint density at radius 2 is 1.52 bits per heavy atom. The molecule has 0 radical (unpaired) electrons. The minimum Gasteiger partial charge on any atom is -0.458 e. The lowest BCUT2D eigenvalue weighted by Crippen LogP contribution is -2.33. The fraction of sp³-hybridized carbons (Fsp3) is 0.923. The molecule has 0 aliphatic carbocycles. The van der Waals surface area contributed by atoms with Crippen LogP contribution >= 0.6 is 0 Å². The molecule has 0 heterocycles. The van der Waals surface area contributed by atoms with Gasteiger partial charge < -0.3 is 14.2 Å². The molecule has 0 amide bonds. The molecule has 0 aliphatic rings. The second-order valence-corrected chi connectivity index (χ2v) is 6.43. The molecule has 0 saturated heterocycles. The van der Waals surface area contributed by atoms with Gasteiger partial charge in [0.05, 0.1) is 5.41 Å². The molecule has 0 aromatic carbocycles. The summed E-state index contributed by atoms with van der Waals surface area (Å²) >= 11 is -3.33. The highest BCUT2D eigenvalue weighted by molar-refractivity contribution is 7.80. The van der Waals surface area contributed by atoms with Crippen LogP contribution in [0.25, 0.3) is 0 Å². The van der Waals surface area contributed by atoms with Gasteiger partial charge in [0.15, 0.2) is 6.61 Å². The van der Waals surface area contributed by atoms with Crippen molar-refractivity contribution >= 4 is 17.0 Å². The summed E-state index contributed by atoms with van der Waals surface area (Å²) in [6, 6.07) is 0. The molecule has 0 aromatic heterocycles. The van der Waals surface area contributed by atoms with E-state index in [9.17, 15) is 17.8 Å². The van der Waals surface area contributed by atoms with E-state index in [0.717, 1.165) is 0 Å². The summed E-state index contributed by atoms with van der Waals surface area (Å²) in [7, 11) is 0. The Balaban J connectivity index is 0. The predicted molar refractivity (Wildman–Crippen MR) is 79.6 cm³/mol. The Labute approximate surface area is 128 Å². The molecule has 0 rings (SSSR count). The van der Waals surface area contributed by atoms with E-state index >= 15 is 0 Å². The molecular weight excluding hydrogens is 304 g/mol. The molecule has 21 heavy (non-hydrogen) atoms. The smallest absolute Gasteiger partial charge is 0.378 e. The predicted octanol–water partition coefficient (Wildman–Crippen LogP) is 2.74. The summed E-state index contributed by atoms with van der Waals surface area (Å²) in [5.41, 5.74) is -0.910. The Morgan fingerprint density at radius 1 is 1.14 bits per heavy atom. The van der Waals surface area contributed by atoms with Crippen LogP contribution < -0.4 is 0 Å². The van der Waals surface area contributed by atoms with Crippen LogP contribution in [0.1, 0.15) is 41.5 Å². The third-order valence-electron chi connectivity index (χ3n) is 2.58. The summed E-state index contributed by atoms with van der Waals surface area (Å²) in [6.07, 6.45) is 0. The number of halogens is 2. The zero-order valence-corrected chi connectivity index (χ0v) is 14.4. The van der Waals surface area contributed by atoms with E-state index in [4.69, 9.17) is 4.55 Å². The van der Waals surface area contributed by atoms with E-state index in [2.05, 4.69) is 30.4 Å². The van der Waals surface area contributed by atoms with Crippen LogP contribution in [0.5, 0.6) is 0 Å². The first-order valence-electron chi connectivity index (χ1n) is 6.80. The first kappa shape index (κ1) is 22.7. The average molecular weight is 331 g/mol. The summed E-state index contributed by atoms with van der Waals surface area (Å²) in [5.74, 6) is -0.845. The minimum absolute atomic E-state index is 0.845. The lowest BCUT2D eigenvalue weighted by atomic mass is 9.97. The summed E-state index contributed by atoms with van der Waals surface area (Å²) in [5, 5.41) is -3.92. The molecule has 1 atom stereocenters. The molecule has 8 heteroatoms. The van der Waals surface area contributed by atoms with E-state index in [0.29, 0.717) is 0 Å². The van der Waals surface area contributed by atoms with Crippen molar-refractivity contribution in [3.8, 4) is 0 Å². The maximum Gasteiger partial charge on any atom is 0.378 e. The molecule has 0 aliphatic heterocycles. The number of ether oxygens (including phenoxy) is 1. The molecule has 1 N–H and O–H groups in total. The first-order chi connectivity index (χ1) is 9.42. The maximum atomic E-state index is 12.5. The Kier molecular flexibility index (Phi) is 11.0. The van der Waals surface area contributed by atoms with Gasteiger partial charge in [-0.1, -0.05) is 20.8 Å². The summed E-state index contributed by atoms with van der Waals surface area (Å²) in [6.45, 7) is 13.2. The lowest BCUT2D eigenvalue weighted by Gasteiger charge is -2.18. The van der Waals surface area contributed by atoms with Crippen LogP contribution in [0.15, 0.2) is 0 Å². The topological polar surface area (TPSA) is 66.8 Å². The van der Waals surface area contributed by atoms with Crippen LogP contribution in [0.2, 0.25) is 0 Å². The Bertz CT molecular complexity index is 323. The van der Waals surface area contributed by atoms with Crippen molar-refractivity contribution in [3.05, 3.63) is 0 Å². The summed E-state index contributed by atoms with van der Waals surface area (Å²) < 4.78 is 47.3. The van der Waals surface area contributed by atoms with Crippen LogP contribution in [-0.2, 0) is 20.6 Å². The largest absolute Gasteiger partial charge is 0.458 e. The van der Waals surface area contributed by atoms with Gasteiger partial charge >= 0.3 is 11.2 Å². The summed E-state index contributed by atoms with van der Waals surface area (Å²) in [4.78, 5) is 13.4. The van der Waals surface area contributed by atoms with Crippen LogP contribution in [-0.4, -0.2) is 51.1 Å². The molecule has 0 spiro atoms. The SMILES string of the molecule is CC(C)(C)C(=O)OCC(F)(F)S(=O)O.CCN(CC)CC. The average Bonchev–Trinajstić information content (AvgIpc) is 2.37. The van der Waals surface area contributed by atoms with Crippen molar-refractivity contribution in [3.63, 3.8) is 0 Å². The van der Waals surface area contributed by atoms with E-state index in [1.165, 1.54) is 40.4 Å². The highest BCUT2D eigenvalue weighted by Gasteiger charge is 2.39. The highest BCUT2D eigenvalue weighted by atomic mass is 32.2. The Morgan fingerprint density at radius 3 is 1.71 bits per heavy atom. The highest BCUT2D eigenvalue weighted by Crippen LogP contribution is 2.21. The van der Waals surface area contributed by atoms with Gasteiger partial charge in [-0.3, -0.25) is 4.79 Å². The second kappa shape index (κ2) is 10.2. The van der Waals surface area contributed by atoms with E-state index in [-0.39, 0.29) is 0 Å². The fourth-order valence-corrected chi connectivity index (χ4v) is 1.25. The molecule has 128 valence electrons. The molecular formula is C13H27F2NO4S. The zero-order chi connectivity index (χ0) is 17.3. The fourth-order valence-electron chi connectivity index (χ4n) is 1.09. The number of carbonyl (C=O) groups is 1. The minimum atomic E-state index is -3.92. The quantitative estimate of drug-likeness (QED) is 0.599. The molecule has 0 fully saturated rings. The molecule has 0 saturated carbocycles. The first-order valence-corrected chi connectivity index (χ1v) is 7.91. The Hall–Kier alpha value is -0.600. The van der Waals surface area contributed by atoms with Crippen LogP contribution in [0.4, 0.5) is 8.78 Å².